The van der Waals surface area contributed by atoms with Crippen LogP contribution in [0.2, 0.25) is 0 Å². The van der Waals surface area contributed by atoms with Crippen LogP contribution in [-0.4, -0.2) is 42.7 Å². The van der Waals surface area contributed by atoms with Crippen molar-refractivity contribution in [1.29, 1.82) is 0 Å². The van der Waals surface area contributed by atoms with E-state index in [0.29, 0.717) is 5.56 Å². The van der Waals surface area contributed by atoms with Crippen LogP contribution in [0.25, 0.3) is 0 Å². The van der Waals surface area contributed by atoms with Crippen LogP contribution in [-0.2, 0) is 13.0 Å². The molecule has 1 heterocycles. The standard InChI is InChI=1S/C23H28N2O3/c1-25(2)14-15-4-3-5-18(10-15)23(27)24-22(19-12-20(26)13-19)17-6-7-21-16(11-17)8-9-28-21/h3-7,10-11,19-20,22,26H,8-9,12-14H2,1-2H3,(H,24,27)/t19?,20?,22-/m0/s1. The first kappa shape index (κ1) is 19.0. The van der Waals surface area contributed by atoms with Gasteiger partial charge in [-0.2, -0.15) is 0 Å². The Bertz CT molecular complexity index is 859. The predicted octanol–water partition coefficient (Wildman–Crippen LogP) is 2.93. The maximum absolute atomic E-state index is 13.0. The number of fused-ring (bicyclic) bond motifs is 1. The summed E-state index contributed by atoms with van der Waals surface area (Å²) in [7, 11) is 4.03. The van der Waals surface area contributed by atoms with E-state index in [2.05, 4.69) is 16.3 Å². The Labute approximate surface area is 166 Å². The summed E-state index contributed by atoms with van der Waals surface area (Å²) in [6, 6.07) is 13.9. The molecular formula is C23H28N2O3. The third kappa shape index (κ3) is 4.05. The maximum atomic E-state index is 13.0. The maximum Gasteiger partial charge on any atom is 0.251 e. The summed E-state index contributed by atoms with van der Waals surface area (Å²) in [4.78, 5) is 15.1. The van der Waals surface area contributed by atoms with Crippen molar-refractivity contribution in [3.8, 4) is 5.75 Å². The van der Waals surface area contributed by atoms with Gasteiger partial charge in [0, 0.05) is 18.5 Å². The van der Waals surface area contributed by atoms with Gasteiger partial charge in [-0.05, 0) is 73.8 Å². The number of amides is 1. The average Bonchev–Trinajstić information content (AvgIpc) is 3.11. The second-order valence-electron chi connectivity index (χ2n) is 8.24. The lowest BCUT2D eigenvalue weighted by atomic mass is 9.74. The first-order chi connectivity index (χ1) is 13.5. The Morgan fingerprint density at radius 2 is 2.07 bits per heavy atom. The zero-order valence-electron chi connectivity index (χ0n) is 16.5. The molecular weight excluding hydrogens is 352 g/mol. The van der Waals surface area contributed by atoms with Crippen molar-refractivity contribution < 1.29 is 14.6 Å². The van der Waals surface area contributed by atoms with Gasteiger partial charge in [0.2, 0.25) is 0 Å². The van der Waals surface area contributed by atoms with Gasteiger partial charge >= 0.3 is 0 Å². The molecule has 0 aromatic heterocycles. The summed E-state index contributed by atoms with van der Waals surface area (Å²) < 4.78 is 5.61. The minimum absolute atomic E-state index is 0.0660. The highest BCUT2D eigenvalue weighted by Gasteiger charge is 2.36. The molecule has 2 aliphatic rings. The highest BCUT2D eigenvalue weighted by Crippen LogP contribution is 2.40. The van der Waals surface area contributed by atoms with Crippen LogP contribution in [0.1, 0.15) is 45.9 Å². The van der Waals surface area contributed by atoms with Crippen molar-refractivity contribution >= 4 is 5.91 Å². The van der Waals surface area contributed by atoms with E-state index in [4.69, 9.17) is 4.74 Å². The van der Waals surface area contributed by atoms with Gasteiger partial charge in [-0.25, -0.2) is 0 Å². The van der Waals surface area contributed by atoms with Crippen molar-refractivity contribution in [2.24, 2.45) is 5.92 Å². The smallest absolute Gasteiger partial charge is 0.251 e. The van der Waals surface area contributed by atoms with Gasteiger partial charge in [0.1, 0.15) is 5.75 Å². The Morgan fingerprint density at radius 1 is 1.25 bits per heavy atom. The number of benzene rings is 2. The first-order valence-corrected chi connectivity index (χ1v) is 9.98. The van der Waals surface area contributed by atoms with Crippen LogP contribution in [0.5, 0.6) is 5.75 Å². The molecule has 2 aromatic carbocycles. The van der Waals surface area contributed by atoms with Crippen LogP contribution in [0.15, 0.2) is 42.5 Å². The van der Waals surface area contributed by atoms with Crippen LogP contribution >= 0.6 is 0 Å². The van der Waals surface area contributed by atoms with E-state index in [1.54, 1.807) is 0 Å². The molecule has 1 aliphatic carbocycles. The molecule has 148 valence electrons. The Kier molecular flexibility index (Phi) is 5.38. The van der Waals surface area contributed by atoms with Crippen LogP contribution < -0.4 is 10.1 Å². The van der Waals surface area contributed by atoms with E-state index < -0.39 is 0 Å². The number of rotatable bonds is 6. The molecule has 0 bridgehead atoms. The number of aliphatic hydroxyl groups excluding tert-OH is 1. The van der Waals surface area contributed by atoms with Gasteiger partial charge in [-0.15, -0.1) is 0 Å². The first-order valence-electron chi connectivity index (χ1n) is 9.98. The van der Waals surface area contributed by atoms with Gasteiger partial charge in [0.25, 0.3) is 5.91 Å². The van der Waals surface area contributed by atoms with Gasteiger partial charge in [0.05, 0.1) is 18.8 Å². The molecule has 5 heteroatoms. The number of nitrogens with zero attached hydrogens (tertiary/aromatic N) is 1. The fourth-order valence-electron chi connectivity index (χ4n) is 4.18. The van der Waals surface area contributed by atoms with Crippen LogP contribution in [0.4, 0.5) is 0 Å². The number of aliphatic hydroxyl groups is 1. The largest absolute Gasteiger partial charge is 0.493 e. The molecule has 0 radical (unpaired) electrons. The van der Waals surface area contributed by atoms with Crippen molar-refractivity contribution in [2.45, 2.75) is 38.0 Å². The summed E-state index contributed by atoms with van der Waals surface area (Å²) in [5.74, 6) is 1.13. The molecule has 28 heavy (non-hydrogen) atoms. The van der Waals surface area contributed by atoms with Crippen molar-refractivity contribution in [3.63, 3.8) is 0 Å². The zero-order chi connectivity index (χ0) is 19.7. The van der Waals surface area contributed by atoms with Crippen molar-refractivity contribution in [1.82, 2.24) is 10.2 Å². The van der Waals surface area contributed by atoms with Gasteiger partial charge in [-0.1, -0.05) is 18.2 Å². The highest BCUT2D eigenvalue weighted by atomic mass is 16.5. The lowest BCUT2D eigenvalue weighted by Gasteiger charge is -2.38. The third-order valence-electron chi connectivity index (χ3n) is 5.67. The SMILES string of the molecule is CN(C)Cc1cccc(C(=O)N[C@@H](c2ccc3c(c2)CCO3)C2CC(O)C2)c1. The fourth-order valence-corrected chi connectivity index (χ4v) is 4.18. The minimum atomic E-state index is -0.259. The number of carbonyl (C=O) groups excluding carboxylic acids is 1. The molecule has 0 saturated heterocycles. The van der Waals surface area contributed by atoms with Crippen LogP contribution in [0, 0.1) is 5.92 Å². The highest BCUT2D eigenvalue weighted by molar-refractivity contribution is 5.94. The van der Waals surface area contributed by atoms with E-state index in [-0.39, 0.29) is 24.0 Å². The number of hydrogen-bond donors (Lipinski definition) is 2. The number of hydrogen-bond acceptors (Lipinski definition) is 4. The average molecular weight is 380 g/mol. The lowest BCUT2D eigenvalue weighted by molar-refractivity contribution is 0.0235. The molecule has 2 aromatic rings. The predicted molar refractivity (Wildman–Crippen MR) is 108 cm³/mol. The second kappa shape index (κ2) is 7.94. The molecule has 1 saturated carbocycles. The van der Waals surface area contributed by atoms with Gasteiger partial charge in [-0.3, -0.25) is 4.79 Å². The van der Waals surface area contributed by atoms with Gasteiger partial charge in [0.15, 0.2) is 0 Å². The second-order valence-corrected chi connectivity index (χ2v) is 8.24. The Morgan fingerprint density at radius 3 is 2.82 bits per heavy atom. The van der Waals surface area contributed by atoms with E-state index in [9.17, 15) is 9.90 Å². The van der Waals surface area contributed by atoms with Crippen molar-refractivity contribution in [3.05, 3.63) is 64.7 Å². The topological polar surface area (TPSA) is 61.8 Å². The quantitative estimate of drug-likeness (QED) is 0.809. The summed E-state index contributed by atoms with van der Waals surface area (Å²) in [5, 5.41) is 13.0. The van der Waals surface area contributed by atoms with E-state index in [0.717, 1.165) is 49.3 Å². The molecule has 0 spiro atoms. The van der Waals surface area contributed by atoms with Crippen LogP contribution in [0.3, 0.4) is 0 Å². The minimum Gasteiger partial charge on any atom is -0.493 e. The summed E-state index contributed by atoms with van der Waals surface area (Å²) >= 11 is 0. The molecule has 2 N–H and O–H groups in total. The molecule has 1 amide bonds. The van der Waals surface area contributed by atoms with Gasteiger partial charge < -0.3 is 20.1 Å². The number of carbonyl (C=O) groups is 1. The van der Waals surface area contributed by atoms with E-state index in [1.807, 2.05) is 50.5 Å². The molecule has 1 aliphatic heterocycles. The number of nitrogens with one attached hydrogen (secondary N) is 1. The molecule has 5 nitrogen and oxygen atoms in total. The summed E-state index contributed by atoms with van der Waals surface area (Å²) in [6.45, 7) is 1.51. The lowest BCUT2D eigenvalue weighted by Crippen LogP contribution is -2.41. The van der Waals surface area contributed by atoms with E-state index in [1.165, 1.54) is 5.56 Å². The Hall–Kier alpha value is -2.37. The molecule has 1 atom stereocenters. The van der Waals surface area contributed by atoms with E-state index >= 15 is 0 Å². The fraction of sp³-hybridized carbons (Fsp3) is 0.435. The summed E-state index contributed by atoms with van der Waals surface area (Å²) in [5.41, 5.74) is 4.08. The third-order valence-corrected chi connectivity index (χ3v) is 5.67. The molecule has 1 fully saturated rings. The normalized spacial score (nSPS) is 21.6. The molecule has 4 rings (SSSR count). The molecule has 0 unspecified atom stereocenters. The summed E-state index contributed by atoms with van der Waals surface area (Å²) in [6.07, 6.45) is 2.09. The zero-order valence-corrected chi connectivity index (χ0v) is 16.5. The Balaban J connectivity index is 1.55. The monoisotopic (exact) mass is 380 g/mol. The van der Waals surface area contributed by atoms with Crippen molar-refractivity contribution in [2.75, 3.05) is 20.7 Å². The number of ether oxygens (including phenoxy) is 1.